The van der Waals surface area contributed by atoms with E-state index in [1.165, 1.54) is 19.1 Å². The molecule has 2 heterocycles. The number of hydrogen-bond donors (Lipinski definition) is 5. The molecule has 0 aliphatic carbocycles. The first-order valence-corrected chi connectivity index (χ1v) is 12.6. The van der Waals surface area contributed by atoms with Crippen LogP contribution >= 0.6 is 0 Å². The van der Waals surface area contributed by atoms with Crippen molar-refractivity contribution in [2.45, 2.75) is 70.1 Å². The molecule has 40 heavy (non-hydrogen) atoms. The van der Waals surface area contributed by atoms with E-state index in [0.29, 0.717) is 5.92 Å². The van der Waals surface area contributed by atoms with Crippen LogP contribution in [0.5, 0.6) is 0 Å². The van der Waals surface area contributed by atoms with Gasteiger partial charge in [0.1, 0.15) is 11.6 Å². The Morgan fingerprint density at radius 1 is 1.00 bits per heavy atom. The zero-order chi connectivity index (χ0) is 30.1. The quantitative estimate of drug-likeness (QED) is 0.285. The smallest absolute Gasteiger partial charge is 0.336 e. The minimum absolute atomic E-state index is 0.0644. The monoisotopic (exact) mass is 562 g/mol. The predicted molar refractivity (Wildman–Crippen MR) is 140 cm³/mol. The Labute approximate surface area is 230 Å². The molecule has 1 aromatic carbocycles. The maximum Gasteiger partial charge on any atom is 0.336 e. The number of hydrogen-bond acceptors (Lipinski definition) is 8. The number of likely N-dealkylation sites (tertiary alicyclic amines) is 1. The molecule has 0 atom stereocenters. The fourth-order valence-corrected chi connectivity index (χ4v) is 4.40. The van der Waals surface area contributed by atoms with Crippen molar-refractivity contribution in [3.63, 3.8) is 0 Å². The van der Waals surface area contributed by atoms with Crippen LogP contribution in [0.15, 0.2) is 36.7 Å². The molecule has 5 N–H and O–H groups in total. The number of carboxylic acids is 3. The van der Waals surface area contributed by atoms with Gasteiger partial charge in [0.15, 0.2) is 5.60 Å². The van der Waals surface area contributed by atoms with E-state index >= 15 is 0 Å². The molecule has 0 radical (unpaired) electrons. The highest BCUT2D eigenvalue weighted by molar-refractivity contribution is 5.88. The van der Waals surface area contributed by atoms with E-state index in [0.717, 1.165) is 49.4 Å². The molecule has 1 amide bonds. The number of benzene rings is 1. The summed E-state index contributed by atoms with van der Waals surface area (Å²) < 4.78 is 13.3. The van der Waals surface area contributed by atoms with E-state index in [-0.39, 0.29) is 11.7 Å². The summed E-state index contributed by atoms with van der Waals surface area (Å²) in [5, 5.41) is 36.9. The van der Waals surface area contributed by atoms with E-state index < -0.39 is 41.9 Å². The van der Waals surface area contributed by atoms with Crippen molar-refractivity contribution in [3.8, 4) is 0 Å². The molecule has 1 aliphatic rings. The lowest BCUT2D eigenvalue weighted by Gasteiger charge is -2.42. The number of carbonyl (C=O) groups is 4. The van der Waals surface area contributed by atoms with Gasteiger partial charge in [-0.25, -0.2) is 19.2 Å². The van der Waals surface area contributed by atoms with Crippen molar-refractivity contribution in [2.75, 3.05) is 13.1 Å². The SMILES string of the molecule is CC(=O)NC1(c2ccc(F)cc2)CCN(Cc2cnc(C(C)C)nc2)CC1.O=C(O)CC(O)(CC(=O)O)C(=O)O. The maximum absolute atomic E-state index is 13.3. The van der Waals surface area contributed by atoms with Gasteiger partial charge in [0.05, 0.1) is 18.4 Å². The number of aliphatic carboxylic acids is 3. The zero-order valence-corrected chi connectivity index (χ0v) is 22.6. The lowest BCUT2D eigenvalue weighted by Crippen LogP contribution is -2.52. The maximum atomic E-state index is 13.3. The third-order valence-electron chi connectivity index (χ3n) is 6.46. The van der Waals surface area contributed by atoms with Crippen LogP contribution < -0.4 is 5.32 Å². The Kier molecular flexibility index (Phi) is 11.2. The van der Waals surface area contributed by atoms with E-state index in [4.69, 9.17) is 20.4 Å². The summed E-state index contributed by atoms with van der Waals surface area (Å²) in [6.45, 7) is 8.16. The second-order valence-corrected chi connectivity index (χ2v) is 10.1. The minimum atomic E-state index is -2.74. The topological polar surface area (TPSA) is 190 Å². The van der Waals surface area contributed by atoms with Gasteiger partial charge in [0, 0.05) is 50.4 Å². The fourth-order valence-electron chi connectivity index (χ4n) is 4.40. The highest BCUT2D eigenvalue weighted by Crippen LogP contribution is 2.33. The number of aromatic nitrogens is 2. The lowest BCUT2D eigenvalue weighted by molar-refractivity contribution is -0.170. The number of nitrogens with one attached hydrogen (secondary N) is 1. The Hall–Kier alpha value is -3.97. The van der Waals surface area contributed by atoms with Crippen LogP contribution in [-0.4, -0.2) is 77.8 Å². The Balaban J connectivity index is 0.000000366. The average Bonchev–Trinajstić information content (AvgIpc) is 2.85. The molecule has 1 saturated heterocycles. The molecule has 0 saturated carbocycles. The third kappa shape index (κ3) is 9.35. The molecule has 1 aliphatic heterocycles. The molecule has 1 aromatic heterocycles. The number of carboxylic acid groups (broad SMARTS) is 3. The van der Waals surface area contributed by atoms with E-state index in [2.05, 4.69) is 34.0 Å². The number of carbonyl (C=O) groups excluding carboxylic acids is 1. The van der Waals surface area contributed by atoms with Crippen molar-refractivity contribution in [3.05, 3.63) is 59.4 Å². The summed E-state index contributed by atoms with van der Waals surface area (Å²) in [7, 11) is 0. The molecule has 0 unspecified atom stereocenters. The van der Waals surface area contributed by atoms with Gasteiger partial charge >= 0.3 is 17.9 Å². The summed E-state index contributed by atoms with van der Waals surface area (Å²) in [4.78, 5) is 53.5. The molecule has 0 bridgehead atoms. The van der Waals surface area contributed by atoms with Gasteiger partial charge in [-0.05, 0) is 30.5 Å². The van der Waals surface area contributed by atoms with Crippen molar-refractivity contribution in [2.24, 2.45) is 0 Å². The molecular formula is C27H35FN4O8. The standard InChI is InChI=1S/C21H27FN4O.C6H8O7/c1-15(2)20-23-12-17(13-24-20)14-26-10-8-21(9-11-26,25-16(3)27)18-4-6-19(22)7-5-18;7-3(8)1-6(13,5(11)12)2-4(9)10/h4-7,12-13,15H,8-11,14H2,1-3H3,(H,25,27);13H,1-2H2,(H,7,8)(H,9,10)(H,11,12). The fraction of sp³-hybridized carbons (Fsp3) is 0.481. The number of amides is 1. The summed E-state index contributed by atoms with van der Waals surface area (Å²) in [5.74, 6) is -4.17. The zero-order valence-electron chi connectivity index (χ0n) is 22.6. The van der Waals surface area contributed by atoms with Gasteiger partial charge in [-0.3, -0.25) is 19.3 Å². The van der Waals surface area contributed by atoms with Crippen molar-refractivity contribution >= 4 is 23.8 Å². The highest BCUT2D eigenvalue weighted by Gasteiger charge is 2.41. The summed E-state index contributed by atoms with van der Waals surface area (Å²) >= 11 is 0. The van der Waals surface area contributed by atoms with Gasteiger partial charge in [-0.1, -0.05) is 26.0 Å². The normalized spacial score (nSPS) is 15.1. The summed E-state index contributed by atoms with van der Waals surface area (Å²) in [5.41, 5.74) is -1.12. The van der Waals surface area contributed by atoms with Crippen molar-refractivity contribution in [1.29, 1.82) is 0 Å². The second kappa shape index (κ2) is 13.9. The minimum Gasteiger partial charge on any atom is -0.481 e. The molecule has 3 rings (SSSR count). The number of nitrogens with zero attached hydrogens (tertiary/aromatic N) is 3. The van der Waals surface area contributed by atoms with E-state index in [1.807, 2.05) is 12.4 Å². The molecule has 0 spiro atoms. The summed E-state index contributed by atoms with van der Waals surface area (Å²) in [6, 6.07) is 6.47. The molecule has 2 aromatic rings. The largest absolute Gasteiger partial charge is 0.481 e. The first-order chi connectivity index (χ1) is 18.7. The molecule has 1 fully saturated rings. The first-order valence-electron chi connectivity index (χ1n) is 12.6. The van der Waals surface area contributed by atoms with Gasteiger partial charge in [0.2, 0.25) is 5.91 Å². The van der Waals surface area contributed by atoms with Crippen molar-refractivity contribution in [1.82, 2.24) is 20.2 Å². The number of aliphatic hydroxyl groups is 1. The van der Waals surface area contributed by atoms with Crippen LogP contribution in [0.1, 0.15) is 69.3 Å². The van der Waals surface area contributed by atoms with E-state index in [1.54, 1.807) is 12.1 Å². The molecule has 12 nitrogen and oxygen atoms in total. The van der Waals surface area contributed by atoms with Crippen LogP contribution in [0.4, 0.5) is 4.39 Å². The van der Waals surface area contributed by atoms with Gasteiger partial charge < -0.3 is 25.7 Å². The lowest BCUT2D eigenvalue weighted by atomic mass is 9.80. The van der Waals surface area contributed by atoms with Crippen LogP contribution in [0, 0.1) is 5.82 Å². The number of piperidine rings is 1. The van der Waals surface area contributed by atoms with Gasteiger partial charge in [0.25, 0.3) is 0 Å². The molecule has 218 valence electrons. The highest BCUT2D eigenvalue weighted by atomic mass is 19.1. The Bertz CT molecular complexity index is 1160. The predicted octanol–water partition coefficient (Wildman–Crippen LogP) is 2.12. The van der Waals surface area contributed by atoms with E-state index in [9.17, 15) is 23.6 Å². The van der Waals surface area contributed by atoms with Gasteiger partial charge in [-0.2, -0.15) is 0 Å². The number of halogens is 1. The number of rotatable bonds is 10. The molecular weight excluding hydrogens is 527 g/mol. The van der Waals surface area contributed by atoms with Crippen LogP contribution in [0.2, 0.25) is 0 Å². The van der Waals surface area contributed by atoms with Crippen LogP contribution in [-0.2, 0) is 31.3 Å². The van der Waals surface area contributed by atoms with Gasteiger partial charge in [-0.15, -0.1) is 0 Å². The third-order valence-corrected chi connectivity index (χ3v) is 6.46. The second-order valence-electron chi connectivity index (χ2n) is 10.1. The Morgan fingerprint density at radius 3 is 1.90 bits per heavy atom. The summed E-state index contributed by atoms with van der Waals surface area (Å²) in [6.07, 6.45) is 3.07. The Morgan fingerprint density at radius 2 is 1.50 bits per heavy atom. The van der Waals surface area contributed by atoms with Crippen molar-refractivity contribution < 1.29 is 44.0 Å². The van der Waals surface area contributed by atoms with Crippen LogP contribution in [0.3, 0.4) is 0 Å². The van der Waals surface area contributed by atoms with Crippen LogP contribution in [0.25, 0.3) is 0 Å². The average molecular weight is 563 g/mol. The first kappa shape index (κ1) is 32.2. The molecule has 13 heteroatoms.